The van der Waals surface area contributed by atoms with E-state index in [1.807, 2.05) is 41.9 Å². The number of piperidine rings is 1. The first-order valence-corrected chi connectivity index (χ1v) is 12.0. The van der Waals surface area contributed by atoms with Crippen LogP contribution >= 0.6 is 0 Å². The summed E-state index contributed by atoms with van der Waals surface area (Å²) in [7, 11) is 0. The second kappa shape index (κ2) is 9.38. The Bertz CT molecular complexity index is 1480. The van der Waals surface area contributed by atoms with Gasteiger partial charge in [0, 0.05) is 24.4 Å². The normalized spacial score (nSPS) is 14.9. The van der Waals surface area contributed by atoms with Gasteiger partial charge in [-0.3, -0.25) is 9.69 Å². The van der Waals surface area contributed by atoms with Gasteiger partial charge in [-0.05, 0) is 51.1 Å². The molecule has 0 unspecified atom stereocenters. The lowest BCUT2D eigenvalue weighted by Gasteiger charge is -2.30. The summed E-state index contributed by atoms with van der Waals surface area (Å²) < 4.78 is 8.80. The molecule has 1 aliphatic heterocycles. The van der Waals surface area contributed by atoms with Crippen molar-refractivity contribution in [1.82, 2.24) is 34.3 Å². The predicted molar refractivity (Wildman–Crippen MR) is 133 cm³/mol. The molecule has 4 aromatic heterocycles. The van der Waals surface area contributed by atoms with Crippen LogP contribution < -0.4 is 5.32 Å². The van der Waals surface area contributed by atoms with Gasteiger partial charge in [-0.2, -0.15) is 10.2 Å². The highest BCUT2D eigenvalue weighted by Gasteiger charge is 2.26. The summed E-state index contributed by atoms with van der Waals surface area (Å²) >= 11 is 0. The van der Waals surface area contributed by atoms with Crippen LogP contribution in [-0.4, -0.2) is 53.3 Å². The highest BCUT2D eigenvalue weighted by molar-refractivity contribution is 6.07. The molecule has 5 heterocycles. The maximum atomic E-state index is 13.2. The van der Waals surface area contributed by atoms with Gasteiger partial charge in [-0.25, -0.2) is 19.2 Å². The molecule has 1 N–H and O–H groups in total. The van der Waals surface area contributed by atoms with E-state index in [-0.39, 0.29) is 5.91 Å². The molecule has 1 amide bonds. The fourth-order valence-corrected chi connectivity index (χ4v) is 4.65. The summed E-state index contributed by atoms with van der Waals surface area (Å²) in [5.74, 6) is 1.39. The number of carbonyl (C=O) groups is 1. The summed E-state index contributed by atoms with van der Waals surface area (Å²) in [4.78, 5) is 24.1. The highest BCUT2D eigenvalue weighted by Crippen LogP contribution is 2.31. The van der Waals surface area contributed by atoms with Crippen LogP contribution in [0.2, 0.25) is 0 Å². The van der Waals surface area contributed by atoms with Crippen LogP contribution in [0.3, 0.4) is 0 Å². The Morgan fingerprint density at radius 2 is 1.97 bits per heavy atom. The smallest absolute Gasteiger partial charge is 0.262 e. The zero-order valence-electron chi connectivity index (χ0n) is 19.9. The number of rotatable bonds is 6. The van der Waals surface area contributed by atoms with E-state index in [0.717, 1.165) is 48.8 Å². The number of aryl methyl sites for hydroxylation is 1. The number of amides is 1. The van der Waals surface area contributed by atoms with Crippen LogP contribution in [0.5, 0.6) is 0 Å². The van der Waals surface area contributed by atoms with Crippen LogP contribution in [0.1, 0.15) is 46.3 Å². The average Bonchev–Trinajstić information content (AvgIpc) is 3.65. The van der Waals surface area contributed by atoms with Gasteiger partial charge in [0.05, 0.1) is 30.3 Å². The Morgan fingerprint density at radius 3 is 2.75 bits per heavy atom. The second-order valence-corrected chi connectivity index (χ2v) is 9.08. The van der Waals surface area contributed by atoms with Crippen molar-refractivity contribution in [2.75, 3.05) is 18.4 Å². The van der Waals surface area contributed by atoms with Gasteiger partial charge in [-0.1, -0.05) is 17.7 Å². The summed E-state index contributed by atoms with van der Waals surface area (Å²) in [6, 6.07) is 11.9. The number of hydrogen-bond acceptors (Lipinski definition) is 7. The summed E-state index contributed by atoms with van der Waals surface area (Å²) in [5, 5.41) is 12.2. The average molecular weight is 483 g/mol. The molecule has 1 fully saturated rings. The standard InChI is InChI=1S/C26H26N8O2/c1-18-3-5-20(6-4-18)34-23(30-26(35)21-16-29-33-11-2-9-28-25(21)33)15-22(31-34)19-7-12-32(13-8-19)17-24-27-10-14-36-24/h2-6,9-11,14-16,19H,7-8,12-13,17H2,1H3,(H,30,35). The van der Waals surface area contributed by atoms with Crippen LogP contribution in [0.4, 0.5) is 5.82 Å². The van der Waals surface area contributed by atoms with Crippen molar-refractivity contribution in [3.63, 3.8) is 0 Å². The minimum absolute atomic E-state index is 0.274. The van der Waals surface area contributed by atoms with Crippen LogP contribution in [0, 0.1) is 6.92 Å². The predicted octanol–water partition coefficient (Wildman–Crippen LogP) is 3.84. The molecule has 5 aromatic rings. The van der Waals surface area contributed by atoms with Gasteiger partial charge in [-0.15, -0.1) is 0 Å². The van der Waals surface area contributed by atoms with Gasteiger partial charge >= 0.3 is 0 Å². The van der Waals surface area contributed by atoms with Crippen LogP contribution in [0.25, 0.3) is 11.3 Å². The molecule has 1 saturated heterocycles. The quantitative estimate of drug-likeness (QED) is 0.392. The SMILES string of the molecule is Cc1ccc(-n2nc(C3CCN(Cc4ncco4)CC3)cc2NC(=O)c2cnn3cccnc23)cc1. The lowest BCUT2D eigenvalue weighted by atomic mass is 9.93. The third-order valence-corrected chi connectivity index (χ3v) is 6.62. The Hall–Kier alpha value is -4.31. The van der Waals surface area contributed by atoms with Gasteiger partial charge in [0.1, 0.15) is 17.6 Å². The fourth-order valence-electron chi connectivity index (χ4n) is 4.65. The molecule has 182 valence electrons. The van der Waals surface area contributed by atoms with E-state index in [1.165, 1.54) is 6.20 Å². The van der Waals surface area contributed by atoms with Gasteiger partial charge < -0.3 is 9.73 Å². The molecule has 36 heavy (non-hydrogen) atoms. The zero-order valence-corrected chi connectivity index (χ0v) is 19.9. The number of hydrogen-bond donors (Lipinski definition) is 1. The van der Waals surface area contributed by atoms with Crippen molar-refractivity contribution < 1.29 is 9.21 Å². The molecule has 0 saturated carbocycles. The van der Waals surface area contributed by atoms with E-state index in [0.29, 0.717) is 29.5 Å². The monoisotopic (exact) mass is 482 g/mol. The van der Waals surface area contributed by atoms with Crippen LogP contribution in [-0.2, 0) is 6.54 Å². The second-order valence-electron chi connectivity index (χ2n) is 9.08. The van der Waals surface area contributed by atoms with E-state index >= 15 is 0 Å². The molecule has 0 atom stereocenters. The number of aromatic nitrogens is 6. The summed E-state index contributed by atoms with van der Waals surface area (Å²) in [5.41, 5.74) is 3.94. The van der Waals surface area contributed by atoms with Gasteiger partial charge in [0.25, 0.3) is 5.91 Å². The Balaban J connectivity index is 1.25. The Labute approximate surface area is 207 Å². The highest BCUT2D eigenvalue weighted by atomic mass is 16.3. The fraction of sp³-hybridized carbons (Fsp3) is 0.269. The number of likely N-dealkylation sites (tertiary alicyclic amines) is 1. The maximum Gasteiger partial charge on any atom is 0.262 e. The lowest BCUT2D eigenvalue weighted by molar-refractivity contribution is 0.102. The Kier molecular flexibility index (Phi) is 5.78. The van der Waals surface area contributed by atoms with Crippen molar-refractivity contribution in [3.05, 3.63) is 90.2 Å². The number of carbonyl (C=O) groups excluding carboxylic acids is 1. The van der Waals surface area contributed by atoms with E-state index < -0.39 is 0 Å². The summed E-state index contributed by atoms with van der Waals surface area (Å²) in [6.07, 6.45) is 10.2. The number of benzene rings is 1. The molecule has 0 spiro atoms. The molecular formula is C26H26N8O2. The number of anilines is 1. The minimum Gasteiger partial charge on any atom is -0.448 e. The van der Waals surface area contributed by atoms with Crippen LogP contribution in [0.15, 0.2) is 71.9 Å². The Morgan fingerprint density at radius 1 is 1.14 bits per heavy atom. The van der Waals surface area contributed by atoms with Crippen molar-refractivity contribution in [3.8, 4) is 5.69 Å². The van der Waals surface area contributed by atoms with Crippen molar-refractivity contribution in [2.24, 2.45) is 0 Å². The molecule has 6 rings (SSSR count). The number of fused-ring (bicyclic) bond motifs is 1. The minimum atomic E-state index is -0.274. The van der Waals surface area contributed by atoms with Crippen molar-refractivity contribution in [1.29, 1.82) is 0 Å². The molecule has 1 aromatic carbocycles. The largest absolute Gasteiger partial charge is 0.448 e. The van der Waals surface area contributed by atoms with E-state index in [4.69, 9.17) is 9.52 Å². The number of nitrogens with zero attached hydrogens (tertiary/aromatic N) is 7. The third kappa shape index (κ3) is 4.38. The van der Waals surface area contributed by atoms with E-state index in [1.54, 1.807) is 35.4 Å². The van der Waals surface area contributed by atoms with E-state index in [2.05, 4.69) is 25.3 Å². The zero-order chi connectivity index (χ0) is 24.5. The summed E-state index contributed by atoms with van der Waals surface area (Å²) in [6.45, 7) is 4.62. The molecular weight excluding hydrogens is 456 g/mol. The van der Waals surface area contributed by atoms with Gasteiger partial charge in [0.15, 0.2) is 5.65 Å². The number of oxazole rings is 1. The maximum absolute atomic E-state index is 13.2. The van der Waals surface area contributed by atoms with Crippen molar-refractivity contribution >= 4 is 17.4 Å². The molecule has 0 bridgehead atoms. The van der Waals surface area contributed by atoms with Crippen molar-refractivity contribution in [2.45, 2.75) is 32.2 Å². The van der Waals surface area contributed by atoms with Gasteiger partial charge in [0.2, 0.25) is 5.89 Å². The van der Waals surface area contributed by atoms with E-state index in [9.17, 15) is 4.79 Å². The third-order valence-electron chi connectivity index (χ3n) is 6.62. The topological polar surface area (TPSA) is 106 Å². The lowest BCUT2D eigenvalue weighted by Crippen LogP contribution is -2.32. The molecule has 0 aliphatic carbocycles. The molecule has 1 aliphatic rings. The first-order valence-electron chi connectivity index (χ1n) is 12.0. The molecule has 10 heteroatoms. The first kappa shape index (κ1) is 22.2. The molecule has 0 radical (unpaired) electrons. The number of nitrogens with one attached hydrogen (secondary N) is 1. The first-order chi connectivity index (χ1) is 17.6. The molecule has 10 nitrogen and oxygen atoms in total.